The Morgan fingerprint density at radius 1 is 0.917 bits per heavy atom. The highest BCUT2D eigenvalue weighted by molar-refractivity contribution is 5.91. The molecule has 3 amide bonds. The highest BCUT2D eigenvalue weighted by atomic mass is 16.5. The standard InChI is InChI=1S/C27H25N5O4/c1-17(25(33)31-32-28)29-26(34)24(15-18-9-3-2-4-10-18)30-27(35)36-16-23-21-13-7-5-11-19(21)20-12-6-8-14-22(20)23/h2-14,17,23-24H,15-16H2,1H3,(H,29,34)(H,30,35)/t17-,24-/m0/s1. The van der Waals surface area contributed by atoms with Crippen molar-refractivity contribution in [1.82, 2.24) is 10.6 Å². The largest absolute Gasteiger partial charge is 0.449 e. The maximum absolute atomic E-state index is 12.9. The van der Waals surface area contributed by atoms with E-state index in [1.54, 1.807) is 0 Å². The number of amides is 3. The Morgan fingerprint density at radius 3 is 2.11 bits per heavy atom. The van der Waals surface area contributed by atoms with Gasteiger partial charge >= 0.3 is 6.09 Å². The van der Waals surface area contributed by atoms with Crippen molar-refractivity contribution in [2.75, 3.05) is 6.61 Å². The molecule has 1 aliphatic carbocycles. The molecule has 0 aliphatic heterocycles. The van der Waals surface area contributed by atoms with Crippen LogP contribution in [0.15, 0.2) is 84.0 Å². The van der Waals surface area contributed by atoms with E-state index < -0.39 is 30.0 Å². The van der Waals surface area contributed by atoms with Crippen LogP contribution in [0.1, 0.15) is 29.5 Å². The molecule has 0 saturated carbocycles. The molecule has 0 saturated heterocycles. The van der Waals surface area contributed by atoms with E-state index >= 15 is 0 Å². The number of azide groups is 1. The van der Waals surface area contributed by atoms with Gasteiger partial charge in [0.05, 0.1) is 6.04 Å². The lowest BCUT2D eigenvalue weighted by atomic mass is 9.98. The lowest BCUT2D eigenvalue weighted by Gasteiger charge is -2.21. The third-order valence-electron chi connectivity index (χ3n) is 6.11. The molecule has 0 aromatic heterocycles. The SMILES string of the molecule is C[C@H](NC(=O)[C@H](Cc1ccccc1)NC(=O)OCC1c2ccccc2-c2ccccc21)C(=O)N=[N+]=[N-]. The second kappa shape index (κ2) is 11.2. The van der Waals surface area contributed by atoms with Crippen LogP contribution < -0.4 is 10.6 Å². The third kappa shape index (κ3) is 5.54. The summed E-state index contributed by atoms with van der Waals surface area (Å²) >= 11 is 0. The third-order valence-corrected chi connectivity index (χ3v) is 6.11. The fourth-order valence-corrected chi connectivity index (χ4v) is 4.35. The van der Waals surface area contributed by atoms with Crippen molar-refractivity contribution in [1.29, 1.82) is 0 Å². The molecule has 9 heteroatoms. The van der Waals surface area contributed by atoms with Gasteiger partial charge in [-0.05, 0) is 45.4 Å². The van der Waals surface area contributed by atoms with Gasteiger partial charge in [0.1, 0.15) is 12.6 Å². The van der Waals surface area contributed by atoms with Gasteiger partial charge in [-0.3, -0.25) is 9.59 Å². The Hall–Kier alpha value is -4.62. The summed E-state index contributed by atoms with van der Waals surface area (Å²) in [4.78, 5) is 40.0. The van der Waals surface area contributed by atoms with Crippen molar-refractivity contribution in [3.05, 3.63) is 106 Å². The van der Waals surface area contributed by atoms with Crippen LogP contribution in [0.25, 0.3) is 21.6 Å². The Kier molecular flexibility index (Phi) is 7.63. The molecular weight excluding hydrogens is 458 g/mol. The number of carbonyl (C=O) groups excluding carboxylic acids is 3. The molecule has 0 spiro atoms. The fraction of sp³-hybridized carbons (Fsp3) is 0.222. The molecule has 3 aromatic rings. The van der Waals surface area contributed by atoms with E-state index in [4.69, 9.17) is 10.3 Å². The number of rotatable bonds is 8. The van der Waals surface area contributed by atoms with Crippen LogP contribution in [0, 0.1) is 0 Å². The van der Waals surface area contributed by atoms with E-state index in [1.165, 1.54) is 6.92 Å². The number of hydrogen-bond acceptors (Lipinski definition) is 4. The summed E-state index contributed by atoms with van der Waals surface area (Å²) < 4.78 is 5.59. The second-order valence-corrected chi connectivity index (χ2v) is 8.47. The van der Waals surface area contributed by atoms with Gasteiger partial charge < -0.3 is 15.4 Å². The van der Waals surface area contributed by atoms with Crippen LogP contribution in [0.3, 0.4) is 0 Å². The van der Waals surface area contributed by atoms with Gasteiger partial charge in [-0.25, -0.2) is 4.79 Å². The number of carbonyl (C=O) groups is 3. The summed E-state index contributed by atoms with van der Waals surface area (Å²) in [5.41, 5.74) is 13.7. The monoisotopic (exact) mass is 483 g/mol. The summed E-state index contributed by atoms with van der Waals surface area (Å²) in [6, 6.07) is 23.1. The molecule has 0 fully saturated rings. The molecule has 2 atom stereocenters. The molecule has 9 nitrogen and oxygen atoms in total. The van der Waals surface area contributed by atoms with E-state index in [0.717, 1.165) is 27.8 Å². The highest BCUT2D eigenvalue weighted by Crippen LogP contribution is 2.44. The molecular formula is C27H25N5O4. The Balaban J connectivity index is 1.45. The molecule has 2 N–H and O–H groups in total. The van der Waals surface area contributed by atoms with Gasteiger partial charge in [0.25, 0.3) is 0 Å². The van der Waals surface area contributed by atoms with Crippen molar-refractivity contribution in [3.8, 4) is 11.1 Å². The molecule has 182 valence electrons. The smallest absolute Gasteiger partial charge is 0.407 e. The molecule has 36 heavy (non-hydrogen) atoms. The van der Waals surface area contributed by atoms with Crippen LogP contribution in [0.2, 0.25) is 0 Å². The minimum absolute atomic E-state index is 0.102. The first-order chi connectivity index (χ1) is 17.5. The number of nitrogens with zero attached hydrogens (tertiary/aromatic N) is 3. The van der Waals surface area contributed by atoms with E-state index in [9.17, 15) is 14.4 Å². The average Bonchev–Trinajstić information content (AvgIpc) is 3.21. The summed E-state index contributed by atoms with van der Waals surface area (Å²) in [5, 5.41) is 8.12. The first-order valence-corrected chi connectivity index (χ1v) is 11.5. The minimum Gasteiger partial charge on any atom is -0.449 e. The maximum Gasteiger partial charge on any atom is 0.407 e. The van der Waals surface area contributed by atoms with E-state index in [2.05, 4.69) is 20.7 Å². The Morgan fingerprint density at radius 2 is 1.50 bits per heavy atom. The minimum atomic E-state index is -1.05. The lowest BCUT2D eigenvalue weighted by Crippen LogP contribution is -2.51. The maximum atomic E-state index is 12.9. The van der Waals surface area contributed by atoms with E-state index in [0.29, 0.717) is 0 Å². The van der Waals surface area contributed by atoms with Crippen molar-refractivity contribution in [3.63, 3.8) is 0 Å². The van der Waals surface area contributed by atoms with Crippen LogP contribution in [-0.2, 0) is 20.7 Å². The Bertz CT molecular complexity index is 1280. The molecule has 0 bridgehead atoms. The van der Waals surface area contributed by atoms with Crippen LogP contribution >= 0.6 is 0 Å². The van der Waals surface area contributed by atoms with Crippen molar-refractivity contribution in [2.45, 2.75) is 31.3 Å². The van der Waals surface area contributed by atoms with Crippen LogP contribution in [0.5, 0.6) is 0 Å². The highest BCUT2D eigenvalue weighted by Gasteiger charge is 2.30. The zero-order valence-corrected chi connectivity index (χ0v) is 19.6. The first kappa shape index (κ1) is 24.5. The molecule has 3 aromatic carbocycles. The van der Waals surface area contributed by atoms with Crippen molar-refractivity contribution >= 4 is 17.9 Å². The van der Waals surface area contributed by atoms with Crippen molar-refractivity contribution in [2.24, 2.45) is 5.11 Å². The number of hydrogen-bond donors (Lipinski definition) is 2. The van der Waals surface area contributed by atoms with E-state index in [-0.39, 0.29) is 18.9 Å². The van der Waals surface area contributed by atoms with E-state index in [1.807, 2.05) is 78.9 Å². The zero-order valence-electron chi connectivity index (χ0n) is 19.6. The van der Waals surface area contributed by atoms with Crippen LogP contribution in [-0.4, -0.2) is 36.6 Å². The lowest BCUT2D eigenvalue weighted by molar-refractivity contribution is -0.128. The summed E-state index contributed by atoms with van der Waals surface area (Å²) in [7, 11) is 0. The number of nitrogens with one attached hydrogen (secondary N) is 2. The van der Waals surface area contributed by atoms with Crippen LogP contribution in [0.4, 0.5) is 4.79 Å². The molecule has 0 heterocycles. The van der Waals surface area contributed by atoms with Gasteiger partial charge in [0.15, 0.2) is 0 Å². The second-order valence-electron chi connectivity index (χ2n) is 8.47. The fourth-order valence-electron chi connectivity index (χ4n) is 4.35. The normalized spacial score (nSPS) is 13.4. The van der Waals surface area contributed by atoms with Gasteiger partial charge in [-0.15, -0.1) is 0 Å². The summed E-state index contributed by atoms with van der Waals surface area (Å²) in [6.45, 7) is 1.51. The quantitative estimate of drug-likeness (QED) is 0.278. The van der Waals surface area contributed by atoms with Gasteiger partial charge in [-0.2, -0.15) is 0 Å². The predicted molar refractivity (Wildman–Crippen MR) is 134 cm³/mol. The molecule has 1 aliphatic rings. The number of fused-ring (bicyclic) bond motifs is 3. The van der Waals surface area contributed by atoms with Gasteiger partial charge in [-0.1, -0.05) is 78.9 Å². The molecule has 0 radical (unpaired) electrons. The van der Waals surface area contributed by atoms with Gasteiger partial charge in [0.2, 0.25) is 11.8 Å². The Labute approximate surface area is 208 Å². The summed E-state index contributed by atoms with van der Waals surface area (Å²) in [5.74, 6) is -1.54. The van der Waals surface area contributed by atoms with Crippen molar-refractivity contribution < 1.29 is 19.1 Å². The number of ether oxygens (including phenoxy) is 1. The summed E-state index contributed by atoms with van der Waals surface area (Å²) in [6.07, 6.45) is -0.568. The van der Waals surface area contributed by atoms with Gasteiger partial charge in [0, 0.05) is 17.3 Å². The molecule has 0 unspecified atom stereocenters. The zero-order chi connectivity index (χ0) is 25.5. The topological polar surface area (TPSA) is 133 Å². The average molecular weight is 484 g/mol. The number of benzene rings is 3. The molecule has 4 rings (SSSR count). The first-order valence-electron chi connectivity index (χ1n) is 11.5. The predicted octanol–water partition coefficient (Wildman–Crippen LogP) is 4.48. The number of alkyl carbamates (subject to hydrolysis) is 1.